The molecule has 3 unspecified atom stereocenters. The quantitative estimate of drug-likeness (QED) is 0.863. The Morgan fingerprint density at radius 2 is 1.94 bits per heavy atom. The van der Waals surface area contributed by atoms with Crippen molar-refractivity contribution in [3.8, 4) is 5.75 Å². The van der Waals surface area contributed by atoms with Gasteiger partial charge in [-0.05, 0) is 30.5 Å². The minimum Gasteiger partial charge on any atom is -0.490 e. The Kier molecular flexibility index (Phi) is 3.96. The predicted octanol–water partition coefficient (Wildman–Crippen LogP) is 3.57. The maximum atomic E-state index is 9.85. The van der Waals surface area contributed by atoms with E-state index in [0.29, 0.717) is 0 Å². The first kappa shape index (κ1) is 13.4. The van der Waals surface area contributed by atoms with Crippen molar-refractivity contribution in [2.75, 3.05) is 0 Å². The van der Waals surface area contributed by atoms with Crippen molar-refractivity contribution in [1.29, 1.82) is 0 Å². The monoisotopic (exact) mass is 248 g/mol. The first-order valence-corrected chi connectivity index (χ1v) is 7.03. The molecule has 0 bridgehead atoms. The van der Waals surface area contributed by atoms with Crippen molar-refractivity contribution >= 4 is 0 Å². The number of aliphatic hydroxyl groups is 1. The number of aliphatic hydroxyl groups excluding tert-OH is 1. The van der Waals surface area contributed by atoms with Crippen LogP contribution in [-0.2, 0) is 6.42 Å². The summed E-state index contributed by atoms with van der Waals surface area (Å²) in [6.45, 7) is 6.41. The first-order valence-electron chi connectivity index (χ1n) is 7.03. The maximum Gasteiger partial charge on any atom is 0.119 e. The lowest BCUT2D eigenvalue weighted by Crippen LogP contribution is -2.57. The Hall–Kier alpha value is -1.02. The Labute approximate surface area is 110 Å². The van der Waals surface area contributed by atoms with Gasteiger partial charge in [0.2, 0.25) is 0 Å². The Morgan fingerprint density at radius 1 is 1.28 bits per heavy atom. The second kappa shape index (κ2) is 5.31. The van der Waals surface area contributed by atoms with Crippen LogP contribution in [0.1, 0.15) is 45.6 Å². The second-order valence-electron chi connectivity index (χ2n) is 5.61. The largest absolute Gasteiger partial charge is 0.490 e. The average Bonchev–Trinajstić information content (AvgIpc) is 2.40. The number of benzene rings is 1. The molecule has 2 heteroatoms. The molecule has 100 valence electrons. The van der Waals surface area contributed by atoms with E-state index >= 15 is 0 Å². The summed E-state index contributed by atoms with van der Waals surface area (Å²) in [5.74, 6) is 0.923. The van der Waals surface area contributed by atoms with Crippen molar-refractivity contribution in [3.05, 3.63) is 29.8 Å². The summed E-state index contributed by atoms with van der Waals surface area (Å²) in [6.07, 6.45) is 3.92. The van der Waals surface area contributed by atoms with Crippen LogP contribution in [0.2, 0.25) is 0 Å². The molecule has 3 atom stereocenters. The maximum absolute atomic E-state index is 9.85. The third kappa shape index (κ3) is 2.39. The van der Waals surface area contributed by atoms with Gasteiger partial charge in [-0.3, -0.25) is 0 Å². The lowest BCUT2D eigenvalue weighted by atomic mass is 9.63. The molecule has 1 aromatic rings. The van der Waals surface area contributed by atoms with Crippen LogP contribution in [0.25, 0.3) is 0 Å². The van der Waals surface area contributed by atoms with Crippen molar-refractivity contribution < 1.29 is 9.84 Å². The third-order valence-corrected chi connectivity index (χ3v) is 4.44. The molecule has 2 nitrogen and oxygen atoms in total. The highest BCUT2D eigenvalue weighted by atomic mass is 16.5. The van der Waals surface area contributed by atoms with Crippen LogP contribution in [0.4, 0.5) is 0 Å². The van der Waals surface area contributed by atoms with Gasteiger partial charge in [-0.15, -0.1) is 0 Å². The summed E-state index contributed by atoms with van der Waals surface area (Å²) in [4.78, 5) is 0. The molecule has 1 fully saturated rings. The molecule has 18 heavy (non-hydrogen) atoms. The van der Waals surface area contributed by atoms with Crippen molar-refractivity contribution in [1.82, 2.24) is 0 Å². The minimum atomic E-state index is -0.216. The number of aryl methyl sites for hydroxylation is 1. The molecule has 1 N–H and O–H groups in total. The Morgan fingerprint density at radius 3 is 2.44 bits per heavy atom. The Bertz CT molecular complexity index is 385. The van der Waals surface area contributed by atoms with Gasteiger partial charge in [-0.25, -0.2) is 0 Å². The predicted molar refractivity (Wildman–Crippen MR) is 73.9 cm³/mol. The van der Waals surface area contributed by atoms with E-state index in [1.54, 1.807) is 0 Å². The van der Waals surface area contributed by atoms with E-state index < -0.39 is 0 Å². The Balaban J connectivity index is 1.98. The fourth-order valence-corrected chi connectivity index (χ4v) is 2.63. The molecule has 0 heterocycles. The normalized spacial score (nSPS) is 30.9. The van der Waals surface area contributed by atoms with Crippen LogP contribution in [0, 0.1) is 5.41 Å². The van der Waals surface area contributed by atoms with Crippen molar-refractivity contribution in [3.63, 3.8) is 0 Å². The SMILES string of the molecule is CCCc1ccc(OC2CC(O)C2(C)CC)cc1. The highest BCUT2D eigenvalue weighted by Crippen LogP contribution is 2.45. The van der Waals surface area contributed by atoms with E-state index in [9.17, 15) is 5.11 Å². The number of hydrogen-bond acceptors (Lipinski definition) is 2. The molecule has 0 amide bonds. The van der Waals surface area contributed by atoms with Gasteiger partial charge in [0.15, 0.2) is 0 Å². The van der Waals surface area contributed by atoms with Gasteiger partial charge in [-0.1, -0.05) is 39.3 Å². The summed E-state index contributed by atoms with van der Waals surface area (Å²) in [7, 11) is 0. The molecule has 0 saturated heterocycles. The van der Waals surface area contributed by atoms with E-state index in [4.69, 9.17) is 4.74 Å². The molecule has 1 aliphatic rings. The summed E-state index contributed by atoms with van der Waals surface area (Å²) in [5, 5.41) is 9.85. The zero-order valence-electron chi connectivity index (χ0n) is 11.6. The van der Waals surface area contributed by atoms with Crippen LogP contribution in [-0.4, -0.2) is 17.3 Å². The van der Waals surface area contributed by atoms with Crippen molar-refractivity contribution in [2.24, 2.45) is 5.41 Å². The standard InChI is InChI=1S/C16H24O2/c1-4-6-12-7-9-13(10-8-12)18-15-11-14(17)16(15,3)5-2/h7-10,14-15,17H,4-6,11H2,1-3H3. The third-order valence-electron chi connectivity index (χ3n) is 4.44. The first-order chi connectivity index (χ1) is 8.60. The highest BCUT2D eigenvalue weighted by Gasteiger charge is 2.51. The van der Waals surface area contributed by atoms with E-state index in [0.717, 1.165) is 25.0 Å². The molecule has 1 saturated carbocycles. The molecule has 0 aromatic heterocycles. The second-order valence-corrected chi connectivity index (χ2v) is 5.61. The lowest BCUT2D eigenvalue weighted by molar-refractivity contribution is -0.147. The zero-order chi connectivity index (χ0) is 13.2. The zero-order valence-corrected chi connectivity index (χ0v) is 11.6. The molecule has 0 radical (unpaired) electrons. The van der Waals surface area contributed by atoms with Crippen LogP contribution in [0.3, 0.4) is 0 Å². The summed E-state index contributed by atoms with van der Waals surface area (Å²) < 4.78 is 6.00. The fraction of sp³-hybridized carbons (Fsp3) is 0.625. The van der Waals surface area contributed by atoms with E-state index in [2.05, 4.69) is 32.9 Å². The number of rotatable bonds is 5. The number of ether oxygens (including phenoxy) is 1. The molecule has 0 aliphatic heterocycles. The van der Waals surface area contributed by atoms with Crippen LogP contribution < -0.4 is 4.74 Å². The summed E-state index contributed by atoms with van der Waals surface area (Å²) in [6, 6.07) is 8.37. The lowest BCUT2D eigenvalue weighted by Gasteiger charge is -2.50. The molecule has 1 aromatic carbocycles. The average molecular weight is 248 g/mol. The van der Waals surface area contributed by atoms with Crippen LogP contribution in [0.5, 0.6) is 5.75 Å². The summed E-state index contributed by atoms with van der Waals surface area (Å²) in [5.41, 5.74) is 1.28. The fourth-order valence-electron chi connectivity index (χ4n) is 2.63. The molecule has 2 rings (SSSR count). The van der Waals surface area contributed by atoms with Crippen LogP contribution in [0.15, 0.2) is 24.3 Å². The van der Waals surface area contributed by atoms with Gasteiger partial charge in [0.1, 0.15) is 11.9 Å². The van der Waals surface area contributed by atoms with E-state index in [1.165, 1.54) is 12.0 Å². The summed E-state index contributed by atoms with van der Waals surface area (Å²) >= 11 is 0. The number of hydrogen-bond donors (Lipinski definition) is 1. The smallest absolute Gasteiger partial charge is 0.119 e. The van der Waals surface area contributed by atoms with Gasteiger partial charge in [0, 0.05) is 11.8 Å². The van der Waals surface area contributed by atoms with Gasteiger partial charge < -0.3 is 9.84 Å². The van der Waals surface area contributed by atoms with Gasteiger partial charge >= 0.3 is 0 Å². The topological polar surface area (TPSA) is 29.5 Å². The molecule has 1 aliphatic carbocycles. The molecule has 0 spiro atoms. The van der Waals surface area contributed by atoms with Crippen LogP contribution >= 0.6 is 0 Å². The molecular formula is C16H24O2. The van der Waals surface area contributed by atoms with Gasteiger partial charge in [0.25, 0.3) is 0 Å². The minimum absolute atomic E-state index is 0.0813. The molecular weight excluding hydrogens is 224 g/mol. The van der Waals surface area contributed by atoms with E-state index in [-0.39, 0.29) is 17.6 Å². The van der Waals surface area contributed by atoms with Gasteiger partial charge in [-0.2, -0.15) is 0 Å². The van der Waals surface area contributed by atoms with Gasteiger partial charge in [0.05, 0.1) is 6.10 Å². The van der Waals surface area contributed by atoms with E-state index in [1.807, 2.05) is 12.1 Å². The van der Waals surface area contributed by atoms with Crippen molar-refractivity contribution in [2.45, 2.75) is 58.7 Å². The highest BCUT2D eigenvalue weighted by molar-refractivity contribution is 5.28.